The van der Waals surface area contributed by atoms with Crippen LogP contribution >= 0.6 is 22.9 Å². The molecule has 1 fully saturated rings. The summed E-state index contributed by atoms with van der Waals surface area (Å²) in [6.07, 6.45) is -1.29. The van der Waals surface area contributed by atoms with E-state index in [4.69, 9.17) is 11.6 Å². The average Bonchev–Trinajstić information content (AvgIpc) is 3.25. The lowest BCUT2D eigenvalue weighted by Crippen LogP contribution is -2.29. The van der Waals surface area contributed by atoms with Gasteiger partial charge in [-0.3, -0.25) is 9.59 Å². The van der Waals surface area contributed by atoms with Gasteiger partial charge in [0.15, 0.2) is 5.82 Å². The van der Waals surface area contributed by atoms with Crippen molar-refractivity contribution >= 4 is 34.8 Å². The minimum atomic E-state index is -4.64. The Hall–Kier alpha value is -2.99. The van der Waals surface area contributed by atoms with Crippen molar-refractivity contribution in [1.82, 2.24) is 30.4 Å². The molecule has 1 aliphatic carbocycles. The van der Waals surface area contributed by atoms with Gasteiger partial charge in [0.05, 0.1) is 17.8 Å². The number of nitrogens with one attached hydrogen (secondary N) is 2. The summed E-state index contributed by atoms with van der Waals surface area (Å²) in [6, 6.07) is 2.10. The van der Waals surface area contributed by atoms with Crippen molar-refractivity contribution in [3.8, 4) is 5.13 Å². The maximum absolute atomic E-state index is 13.1. The lowest BCUT2D eigenvalue weighted by atomic mass is 10.1. The quantitative estimate of drug-likeness (QED) is 0.533. The summed E-state index contributed by atoms with van der Waals surface area (Å²) in [6.45, 7) is 3.26. The van der Waals surface area contributed by atoms with E-state index in [1.165, 1.54) is 10.9 Å². The standard InChI is InChI=1S/C20H18ClF3N6O2S/c1-9(26-17(31)11-5-12(20(22,23)24)7-13(21)6-11)16-27-10(2)29-30(16)19-25-8-15(33-19)18(32)28-14-3-4-14/h5-9,14H,3-4H2,1-2H3,(H,26,31)(H,28,32)/t9-/m0/s1. The molecule has 1 saturated carbocycles. The Bertz CT molecular complexity index is 1220. The van der Waals surface area contributed by atoms with Crippen molar-refractivity contribution in [2.24, 2.45) is 0 Å². The van der Waals surface area contributed by atoms with Crippen LogP contribution in [0.1, 0.15) is 63.0 Å². The highest BCUT2D eigenvalue weighted by Gasteiger charge is 2.32. The van der Waals surface area contributed by atoms with Crippen molar-refractivity contribution in [2.75, 3.05) is 0 Å². The van der Waals surface area contributed by atoms with Gasteiger partial charge in [0, 0.05) is 16.6 Å². The molecule has 33 heavy (non-hydrogen) atoms. The molecule has 2 N–H and O–H groups in total. The largest absolute Gasteiger partial charge is 0.416 e. The molecule has 0 spiro atoms. The van der Waals surface area contributed by atoms with Gasteiger partial charge in [-0.25, -0.2) is 9.97 Å². The second-order valence-corrected chi connectivity index (χ2v) is 9.05. The Kier molecular flexibility index (Phi) is 6.14. The SMILES string of the molecule is Cc1nc([C@H](C)NC(=O)c2cc(Cl)cc(C(F)(F)F)c2)n(-c2ncc(C(=O)NC3CC3)s2)n1. The summed E-state index contributed by atoms with van der Waals surface area (Å²) in [5, 5.41) is 9.95. The molecular formula is C20H18ClF3N6O2S. The molecule has 2 heterocycles. The normalized spacial score (nSPS) is 14.7. The van der Waals surface area contributed by atoms with E-state index in [1.807, 2.05) is 0 Å². The highest BCUT2D eigenvalue weighted by atomic mass is 35.5. The van der Waals surface area contributed by atoms with Gasteiger partial charge >= 0.3 is 6.18 Å². The van der Waals surface area contributed by atoms with Crippen molar-refractivity contribution in [3.05, 3.63) is 57.1 Å². The molecule has 1 aromatic carbocycles. The third-order valence-electron chi connectivity index (χ3n) is 4.77. The summed E-state index contributed by atoms with van der Waals surface area (Å²) in [4.78, 5) is 33.9. The fraction of sp³-hybridized carbons (Fsp3) is 0.350. The van der Waals surface area contributed by atoms with Gasteiger partial charge in [-0.1, -0.05) is 22.9 Å². The second-order valence-electron chi connectivity index (χ2n) is 7.61. The van der Waals surface area contributed by atoms with E-state index in [9.17, 15) is 22.8 Å². The van der Waals surface area contributed by atoms with Gasteiger partial charge in [0.2, 0.25) is 5.13 Å². The van der Waals surface area contributed by atoms with Crippen LogP contribution in [0.2, 0.25) is 5.02 Å². The third-order valence-corrected chi connectivity index (χ3v) is 5.96. The lowest BCUT2D eigenvalue weighted by Gasteiger charge is -2.15. The molecule has 0 unspecified atom stereocenters. The van der Waals surface area contributed by atoms with E-state index in [-0.39, 0.29) is 22.5 Å². The first-order valence-corrected chi connectivity index (χ1v) is 11.1. The Morgan fingerprint density at radius 3 is 2.64 bits per heavy atom. The summed E-state index contributed by atoms with van der Waals surface area (Å²) in [7, 11) is 0. The van der Waals surface area contributed by atoms with E-state index in [0.717, 1.165) is 42.4 Å². The van der Waals surface area contributed by atoms with Crippen LogP contribution < -0.4 is 10.6 Å². The lowest BCUT2D eigenvalue weighted by molar-refractivity contribution is -0.137. The van der Waals surface area contributed by atoms with Crippen molar-refractivity contribution in [1.29, 1.82) is 0 Å². The smallest absolute Gasteiger partial charge is 0.349 e. The monoisotopic (exact) mass is 498 g/mol. The van der Waals surface area contributed by atoms with Crippen LogP contribution in [0.5, 0.6) is 0 Å². The zero-order chi connectivity index (χ0) is 23.9. The van der Waals surface area contributed by atoms with E-state index in [2.05, 4.69) is 25.7 Å². The molecule has 0 saturated heterocycles. The van der Waals surface area contributed by atoms with Gasteiger partial charge in [0.1, 0.15) is 10.7 Å². The maximum Gasteiger partial charge on any atom is 0.416 e. The number of carbonyl (C=O) groups excluding carboxylic acids is 2. The highest BCUT2D eigenvalue weighted by Crippen LogP contribution is 2.32. The van der Waals surface area contributed by atoms with Gasteiger partial charge < -0.3 is 10.6 Å². The maximum atomic E-state index is 13.1. The molecule has 0 bridgehead atoms. The zero-order valence-corrected chi connectivity index (χ0v) is 19.0. The Morgan fingerprint density at radius 1 is 1.24 bits per heavy atom. The van der Waals surface area contributed by atoms with Gasteiger partial charge in [-0.05, 0) is 44.9 Å². The summed E-state index contributed by atoms with van der Waals surface area (Å²) in [5.74, 6) is -0.274. The number of alkyl halides is 3. The third kappa shape index (κ3) is 5.33. The van der Waals surface area contributed by atoms with E-state index >= 15 is 0 Å². The average molecular weight is 499 g/mol. The Balaban J connectivity index is 1.55. The number of hydrogen-bond acceptors (Lipinski definition) is 6. The van der Waals surface area contributed by atoms with Gasteiger partial charge in [-0.15, -0.1) is 5.10 Å². The van der Waals surface area contributed by atoms with E-state index < -0.39 is 23.7 Å². The Labute approximate surface area is 195 Å². The van der Waals surface area contributed by atoms with E-state index in [0.29, 0.717) is 21.7 Å². The fourth-order valence-electron chi connectivity index (χ4n) is 3.03. The van der Waals surface area contributed by atoms with Crippen LogP contribution in [-0.4, -0.2) is 37.6 Å². The first-order valence-electron chi connectivity index (χ1n) is 9.90. The number of rotatable bonds is 6. The number of amides is 2. The molecule has 4 rings (SSSR count). The van der Waals surface area contributed by atoms with Crippen LogP contribution in [0.4, 0.5) is 13.2 Å². The van der Waals surface area contributed by atoms with Crippen LogP contribution in [0.25, 0.3) is 5.13 Å². The number of thiazole rings is 1. The van der Waals surface area contributed by atoms with E-state index in [1.54, 1.807) is 13.8 Å². The molecule has 0 radical (unpaired) electrons. The number of aromatic nitrogens is 4. The topological polar surface area (TPSA) is 102 Å². The number of benzene rings is 1. The van der Waals surface area contributed by atoms with Crippen LogP contribution in [0.15, 0.2) is 24.4 Å². The van der Waals surface area contributed by atoms with Crippen LogP contribution in [0.3, 0.4) is 0 Å². The number of hydrogen-bond donors (Lipinski definition) is 2. The summed E-state index contributed by atoms with van der Waals surface area (Å²) < 4.78 is 40.6. The first kappa shape index (κ1) is 23.2. The van der Waals surface area contributed by atoms with Gasteiger partial charge in [-0.2, -0.15) is 17.9 Å². The molecule has 174 valence electrons. The molecule has 0 aliphatic heterocycles. The number of carbonyl (C=O) groups is 2. The van der Waals surface area contributed by atoms with Crippen LogP contribution in [0, 0.1) is 6.92 Å². The minimum absolute atomic E-state index is 0.201. The molecule has 1 atom stereocenters. The Morgan fingerprint density at radius 2 is 1.97 bits per heavy atom. The summed E-state index contributed by atoms with van der Waals surface area (Å²) in [5.41, 5.74) is -1.26. The van der Waals surface area contributed by atoms with Crippen LogP contribution in [-0.2, 0) is 6.18 Å². The molecule has 13 heteroatoms. The zero-order valence-electron chi connectivity index (χ0n) is 17.4. The predicted molar refractivity (Wildman–Crippen MR) is 115 cm³/mol. The highest BCUT2D eigenvalue weighted by molar-refractivity contribution is 7.16. The fourth-order valence-corrected chi connectivity index (χ4v) is 4.05. The predicted octanol–water partition coefficient (Wildman–Crippen LogP) is 4.09. The summed E-state index contributed by atoms with van der Waals surface area (Å²) >= 11 is 6.89. The van der Waals surface area contributed by atoms with Crippen molar-refractivity contribution in [2.45, 2.75) is 44.9 Å². The molecule has 8 nitrogen and oxygen atoms in total. The molecule has 2 amide bonds. The molecule has 1 aliphatic rings. The first-order chi connectivity index (χ1) is 15.5. The number of halogens is 4. The molecular weight excluding hydrogens is 481 g/mol. The molecule has 2 aromatic heterocycles. The molecule has 3 aromatic rings. The van der Waals surface area contributed by atoms with Crippen molar-refractivity contribution in [3.63, 3.8) is 0 Å². The number of aryl methyl sites for hydroxylation is 1. The second kappa shape index (κ2) is 8.75. The van der Waals surface area contributed by atoms with Crippen molar-refractivity contribution < 1.29 is 22.8 Å². The number of nitrogens with zero attached hydrogens (tertiary/aromatic N) is 4. The van der Waals surface area contributed by atoms with Gasteiger partial charge in [0.25, 0.3) is 11.8 Å². The minimum Gasteiger partial charge on any atom is -0.349 e.